The number of anilines is 2. The molecule has 6 nitrogen and oxygen atoms in total. The van der Waals surface area contributed by atoms with Gasteiger partial charge < -0.3 is 15.1 Å². The van der Waals surface area contributed by atoms with Crippen molar-refractivity contribution in [1.82, 2.24) is 9.88 Å². The van der Waals surface area contributed by atoms with E-state index in [1.807, 2.05) is 97.5 Å². The molecule has 0 bridgehead atoms. The minimum Gasteiger partial charge on any atom is -0.363 e. The summed E-state index contributed by atoms with van der Waals surface area (Å²) >= 11 is 0. The van der Waals surface area contributed by atoms with Gasteiger partial charge in [-0.3, -0.25) is 9.59 Å². The smallest absolute Gasteiger partial charge is 0.256 e. The number of rotatable bonds is 7. The van der Waals surface area contributed by atoms with E-state index in [1.54, 1.807) is 6.20 Å². The molecule has 1 atom stereocenters. The van der Waals surface area contributed by atoms with Crippen molar-refractivity contribution in [1.29, 1.82) is 0 Å². The van der Waals surface area contributed by atoms with Crippen molar-refractivity contribution in [2.75, 3.05) is 24.3 Å². The molecule has 1 N–H and O–H groups in total. The molecule has 0 aliphatic heterocycles. The van der Waals surface area contributed by atoms with E-state index >= 15 is 0 Å². The topological polar surface area (TPSA) is 65.5 Å². The normalized spacial score (nSPS) is 11.5. The van der Waals surface area contributed by atoms with E-state index in [1.165, 1.54) is 6.92 Å². The highest BCUT2D eigenvalue weighted by Gasteiger charge is 2.24. The van der Waals surface area contributed by atoms with Crippen LogP contribution in [0.4, 0.5) is 11.5 Å². The van der Waals surface area contributed by atoms with Crippen LogP contribution in [0.5, 0.6) is 0 Å². The predicted octanol–water partition coefficient (Wildman–Crippen LogP) is 4.51. The van der Waals surface area contributed by atoms with Gasteiger partial charge in [0.1, 0.15) is 5.82 Å². The van der Waals surface area contributed by atoms with Gasteiger partial charge in [0.15, 0.2) is 0 Å². The van der Waals surface area contributed by atoms with E-state index in [9.17, 15) is 9.59 Å². The first kappa shape index (κ1) is 22.0. The zero-order chi connectivity index (χ0) is 22.4. The number of benzene rings is 2. The molecule has 160 valence electrons. The largest absolute Gasteiger partial charge is 0.363 e. The molecule has 0 aliphatic rings. The third-order valence-corrected chi connectivity index (χ3v) is 5.07. The van der Waals surface area contributed by atoms with Crippen molar-refractivity contribution in [3.63, 3.8) is 0 Å². The van der Waals surface area contributed by atoms with Crippen molar-refractivity contribution < 1.29 is 9.59 Å². The molecule has 1 aromatic heterocycles. The molecule has 2 aromatic carbocycles. The van der Waals surface area contributed by atoms with Crippen LogP contribution < -0.4 is 10.2 Å². The maximum atomic E-state index is 13.5. The van der Waals surface area contributed by atoms with Crippen LogP contribution in [-0.2, 0) is 11.3 Å². The monoisotopic (exact) mass is 416 g/mol. The Balaban J connectivity index is 1.93. The molecular formula is C25H28N4O2. The van der Waals surface area contributed by atoms with Gasteiger partial charge in [0.05, 0.1) is 11.6 Å². The first-order valence-electron chi connectivity index (χ1n) is 10.2. The van der Waals surface area contributed by atoms with Crippen molar-refractivity contribution in [2.45, 2.75) is 26.4 Å². The van der Waals surface area contributed by atoms with Crippen LogP contribution in [0.15, 0.2) is 72.9 Å². The zero-order valence-electron chi connectivity index (χ0n) is 18.4. The van der Waals surface area contributed by atoms with Gasteiger partial charge in [0, 0.05) is 39.4 Å². The fraction of sp³-hybridized carbons (Fsp3) is 0.240. The van der Waals surface area contributed by atoms with E-state index < -0.39 is 0 Å². The number of carbonyl (C=O) groups is 2. The Bertz CT molecular complexity index is 1030. The molecule has 0 saturated carbocycles. The lowest BCUT2D eigenvalue weighted by atomic mass is 10.0. The summed E-state index contributed by atoms with van der Waals surface area (Å²) in [7, 11) is 3.82. The van der Waals surface area contributed by atoms with Gasteiger partial charge in [-0.25, -0.2) is 4.98 Å². The maximum Gasteiger partial charge on any atom is 0.256 e. The average molecular weight is 417 g/mol. The van der Waals surface area contributed by atoms with Gasteiger partial charge in [-0.1, -0.05) is 42.5 Å². The Kier molecular flexibility index (Phi) is 7.03. The molecule has 0 spiro atoms. The summed E-state index contributed by atoms with van der Waals surface area (Å²) in [6, 6.07) is 20.9. The molecule has 1 unspecified atom stereocenters. The fourth-order valence-electron chi connectivity index (χ4n) is 3.37. The van der Waals surface area contributed by atoms with Crippen LogP contribution in [0, 0.1) is 0 Å². The number of aromatic nitrogens is 1. The van der Waals surface area contributed by atoms with Gasteiger partial charge >= 0.3 is 0 Å². The fourth-order valence-corrected chi connectivity index (χ4v) is 3.37. The second-order valence-electron chi connectivity index (χ2n) is 7.70. The van der Waals surface area contributed by atoms with Crippen LogP contribution in [0.3, 0.4) is 0 Å². The molecule has 3 aromatic rings. The Morgan fingerprint density at radius 3 is 2.35 bits per heavy atom. The van der Waals surface area contributed by atoms with Gasteiger partial charge in [-0.15, -0.1) is 0 Å². The number of amides is 2. The average Bonchev–Trinajstić information content (AvgIpc) is 2.77. The van der Waals surface area contributed by atoms with E-state index in [-0.39, 0.29) is 17.9 Å². The molecule has 2 amide bonds. The molecular weight excluding hydrogens is 388 g/mol. The van der Waals surface area contributed by atoms with Crippen molar-refractivity contribution in [2.24, 2.45) is 0 Å². The molecule has 31 heavy (non-hydrogen) atoms. The van der Waals surface area contributed by atoms with Crippen LogP contribution in [0.1, 0.15) is 41.4 Å². The highest BCUT2D eigenvalue weighted by molar-refractivity contribution is 5.94. The summed E-state index contributed by atoms with van der Waals surface area (Å²) in [5, 5.41) is 2.81. The van der Waals surface area contributed by atoms with Crippen molar-refractivity contribution >= 4 is 23.3 Å². The lowest BCUT2D eigenvalue weighted by Gasteiger charge is -2.30. The summed E-state index contributed by atoms with van der Waals surface area (Å²) in [4.78, 5) is 33.1. The third-order valence-electron chi connectivity index (χ3n) is 5.07. The summed E-state index contributed by atoms with van der Waals surface area (Å²) in [6.45, 7) is 3.93. The number of hydrogen-bond acceptors (Lipinski definition) is 4. The van der Waals surface area contributed by atoms with Gasteiger partial charge in [-0.2, -0.15) is 0 Å². The Morgan fingerprint density at radius 1 is 1.00 bits per heavy atom. The minimum absolute atomic E-state index is 0.0981. The minimum atomic E-state index is -0.213. The van der Waals surface area contributed by atoms with Crippen LogP contribution in [0.25, 0.3) is 0 Å². The second-order valence-corrected chi connectivity index (χ2v) is 7.70. The van der Waals surface area contributed by atoms with E-state index in [4.69, 9.17) is 0 Å². The molecule has 0 fully saturated rings. The molecule has 1 heterocycles. The molecule has 0 aliphatic carbocycles. The molecule has 6 heteroatoms. The van der Waals surface area contributed by atoms with Crippen molar-refractivity contribution in [3.8, 4) is 0 Å². The van der Waals surface area contributed by atoms with Gasteiger partial charge in [-0.05, 0) is 42.3 Å². The highest BCUT2D eigenvalue weighted by atomic mass is 16.2. The quantitative estimate of drug-likeness (QED) is 0.615. The predicted molar refractivity (Wildman–Crippen MR) is 124 cm³/mol. The summed E-state index contributed by atoms with van der Waals surface area (Å²) < 4.78 is 0. The standard InChI is InChI=1S/C25H28N4O2/c1-18(21-11-8-12-23(15-21)27-19(2)30)29(17-20-9-6-5-7-10-20)25(31)22-13-14-24(26-16-22)28(3)4/h5-16,18H,17H2,1-4H3,(H,27,30). The van der Waals surface area contributed by atoms with Crippen LogP contribution >= 0.6 is 0 Å². The Labute approximate surface area is 183 Å². The molecule has 0 saturated heterocycles. The van der Waals surface area contributed by atoms with Crippen molar-refractivity contribution in [3.05, 3.63) is 89.6 Å². The molecule has 0 radical (unpaired) electrons. The van der Waals surface area contributed by atoms with Gasteiger partial charge in [0.2, 0.25) is 5.91 Å². The second kappa shape index (κ2) is 9.89. The highest BCUT2D eigenvalue weighted by Crippen LogP contribution is 2.27. The van der Waals surface area contributed by atoms with Crippen LogP contribution in [0.2, 0.25) is 0 Å². The SMILES string of the molecule is CC(=O)Nc1cccc(C(C)N(Cc2ccccc2)C(=O)c2ccc(N(C)C)nc2)c1. The van der Waals surface area contributed by atoms with Gasteiger partial charge in [0.25, 0.3) is 5.91 Å². The lowest BCUT2D eigenvalue weighted by molar-refractivity contribution is -0.114. The lowest BCUT2D eigenvalue weighted by Crippen LogP contribution is -2.33. The summed E-state index contributed by atoms with van der Waals surface area (Å²) in [5.41, 5.74) is 3.22. The van der Waals surface area contributed by atoms with E-state index in [2.05, 4.69) is 10.3 Å². The summed E-state index contributed by atoms with van der Waals surface area (Å²) in [6.07, 6.45) is 1.62. The number of hydrogen-bond donors (Lipinski definition) is 1. The Morgan fingerprint density at radius 2 is 1.74 bits per heavy atom. The maximum absolute atomic E-state index is 13.5. The first-order chi connectivity index (χ1) is 14.8. The van der Waals surface area contributed by atoms with E-state index in [0.29, 0.717) is 17.8 Å². The number of carbonyl (C=O) groups excluding carboxylic acids is 2. The molecule has 3 rings (SSSR count). The first-order valence-corrected chi connectivity index (χ1v) is 10.2. The summed E-state index contributed by atoms with van der Waals surface area (Å²) in [5.74, 6) is 0.565. The van der Waals surface area contributed by atoms with Crippen LogP contribution in [-0.4, -0.2) is 35.8 Å². The third kappa shape index (κ3) is 5.69. The van der Waals surface area contributed by atoms with E-state index in [0.717, 1.165) is 16.9 Å². The zero-order valence-corrected chi connectivity index (χ0v) is 18.4. The number of nitrogens with one attached hydrogen (secondary N) is 1. The number of pyridine rings is 1. The number of nitrogens with zero attached hydrogens (tertiary/aromatic N) is 3. The Hall–Kier alpha value is -3.67.